The highest BCUT2D eigenvalue weighted by atomic mass is 16.5. The van der Waals surface area contributed by atoms with Crippen LogP contribution in [0.3, 0.4) is 0 Å². The van der Waals surface area contributed by atoms with E-state index in [1.54, 1.807) is 0 Å². The molecular weight excluding hydrogens is 176 g/mol. The van der Waals surface area contributed by atoms with Crippen LogP contribution in [-0.2, 0) is 4.74 Å². The Morgan fingerprint density at radius 3 is 3.07 bits per heavy atom. The molecule has 3 atom stereocenters. The van der Waals surface area contributed by atoms with Crippen LogP contribution < -0.4 is 5.73 Å². The van der Waals surface area contributed by atoms with Gasteiger partial charge in [0.2, 0.25) is 0 Å². The molecule has 14 heavy (non-hydrogen) atoms. The van der Waals surface area contributed by atoms with Crippen LogP contribution in [0.15, 0.2) is 0 Å². The van der Waals surface area contributed by atoms with E-state index in [4.69, 9.17) is 10.5 Å². The molecule has 1 aliphatic carbocycles. The van der Waals surface area contributed by atoms with E-state index < -0.39 is 0 Å². The molecule has 0 radical (unpaired) electrons. The average Bonchev–Trinajstić information content (AvgIpc) is 2.51. The molecule has 1 aliphatic heterocycles. The Morgan fingerprint density at radius 2 is 2.29 bits per heavy atom. The van der Waals surface area contributed by atoms with Crippen LogP contribution >= 0.6 is 0 Å². The topological polar surface area (TPSA) is 38.5 Å². The molecule has 2 aliphatic rings. The minimum absolute atomic E-state index is 0.286. The fraction of sp³-hybridized carbons (Fsp3) is 1.00. The Kier molecular flexibility index (Phi) is 3.42. The number of ether oxygens (including phenoxy) is 1. The lowest BCUT2D eigenvalue weighted by molar-refractivity contribution is 0.0325. The normalized spacial score (nSPS) is 36.4. The van der Waals surface area contributed by atoms with Crippen molar-refractivity contribution in [3.8, 4) is 0 Å². The summed E-state index contributed by atoms with van der Waals surface area (Å²) < 4.78 is 5.86. The van der Waals surface area contributed by atoms with Crippen LogP contribution in [0.4, 0.5) is 0 Å². The SMILES string of the molecule is CC(N)CN1CCCOC2CCCC21. The second-order valence-electron chi connectivity index (χ2n) is 4.73. The molecule has 1 saturated carbocycles. The number of nitrogens with zero attached hydrogens (tertiary/aromatic N) is 1. The lowest BCUT2D eigenvalue weighted by Gasteiger charge is -2.31. The van der Waals surface area contributed by atoms with Gasteiger partial charge in [-0.2, -0.15) is 0 Å². The summed E-state index contributed by atoms with van der Waals surface area (Å²) in [5.41, 5.74) is 5.87. The Labute approximate surface area is 86.6 Å². The van der Waals surface area contributed by atoms with Crippen LogP contribution in [0.2, 0.25) is 0 Å². The Balaban J connectivity index is 1.98. The molecule has 2 N–H and O–H groups in total. The van der Waals surface area contributed by atoms with E-state index >= 15 is 0 Å². The second kappa shape index (κ2) is 4.60. The Hall–Kier alpha value is -0.120. The van der Waals surface area contributed by atoms with E-state index in [1.165, 1.54) is 32.2 Å². The van der Waals surface area contributed by atoms with Crippen molar-refractivity contribution < 1.29 is 4.74 Å². The molecule has 3 unspecified atom stereocenters. The maximum atomic E-state index is 5.87. The number of hydrogen-bond acceptors (Lipinski definition) is 3. The van der Waals surface area contributed by atoms with Crippen LogP contribution in [0, 0.1) is 0 Å². The second-order valence-corrected chi connectivity index (χ2v) is 4.73. The van der Waals surface area contributed by atoms with Gasteiger partial charge in [0.25, 0.3) is 0 Å². The third-order valence-electron chi connectivity index (χ3n) is 3.33. The smallest absolute Gasteiger partial charge is 0.0730 e. The van der Waals surface area contributed by atoms with Gasteiger partial charge in [0.1, 0.15) is 0 Å². The van der Waals surface area contributed by atoms with Crippen LogP contribution in [0.25, 0.3) is 0 Å². The van der Waals surface area contributed by atoms with Gasteiger partial charge < -0.3 is 10.5 Å². The summed E-state index contributed by atoms with van der Waals surface area (Å²) in [5.74, 6) is 0. The Bertz CT molecular complexity index is 184. The van der Waals surface area contributed by atoms with Gasteiger partial charge >= 0.3 is 0 Å². The highest BCUT2D eigenvalue weighted by Gasteiger charge is 2.34. The average molecular weight is 198 g/mol. The highest BCUT2D eigenvalue weighted by Crippen LogP contribution is 2.29. The van der Waals surface area contributed by atoms with Gasteiger partial charge in [-0.1, -0.05) is 0 Å². The Morgan fingerprint density at radius 1 is 1.43 bits per heavy atom. The van der Waals surface area contributed by atoms with Crippen molar-refractivity contribution in [1.29, 1.82) is 0 Å². The molecule has 3 nitrogen and oxygen atoms in total. The molecule has 1 heterocycles. The van der Waals surface area contributed by atoms with Crippen molar-refractivity contribution in [2.24, 2.45) is 5.73 Å². The van der Waals surface area contributed by atoms with E-state index in [1.807, 2.05) is 0 Å². The van der Waals surface area contributed by atoms with Gasteiger partial charge in [0.05, 0.1) is 6.10 Å². The summed E-state index contributed by atoms with van der Waals surface area (Å²) in [6.45, 7) is 5.24. The quantitative estimate of drug-likeness (QED) is 0.719. The van der Waals surface area contributed by atoms with Gasteiger partial charge in [-0.3, -0.25) is 4.90 Å². The fourth-order valence-corrected chi connectivity index (χ4v) is 2.78. The first-order valence-corrected chi connectivity index (χ1v) is 5.88. The van der Waals surface area contributed by atoms with E-state index in [0.29, 0.717) is 12.1 Å². The molecular formula is C11H22N2O. The molecule has 2 fully saturated rings. The molecule has 1 saturated heterocycles. The minimum Gasteiger partial charge on any atom is -0.377 e. The van der Waals surface area contributed by atoms with Crippen molar-refractivity contribution in [2.75, 3.05) is 19.7 Å². The van der Waals surface area contributed by atoms with Crippen molar-refractivity contribution in [1.82, 2.24) is 4.90 Å². The van der Waals surface area contributed by atoms with E-state index in [9.17, 15) is 0 Å². The van der Waals surface area contributed by atoms with Crippen molar-refractivity contribution in [2.45, 2.75) is 50.8 Å². The zero-order chi connectivity index (χ0) is 9.97. The molecule has 0 bridgehead atoms. The van der Waals surface area contributed by atoms with Crippen molar-refractivity contribution in [3.05, 3.63) is 0 Å². The van der Waals surface area contributed by atoms with E-state index in [2.05, 4.69) is 11.8 Å². The van der Waals surface area contributed by atoms with Gasteiger partial charge in [-0.25, -0.2) is 0 Å². The molecule has 0 spiro atoms. The first kappa shape index (κ1) is 10.4. The van der Waals surface area contributed by atoms with Gasteiger partial charge in [0.15, 0.2) is 0 Å². The monoisotopic (exact) mass is 198 g/mol. The van der Waals surface area contributed by atoms with E-state index in [-0.39, 0.29) is 6.04 Å². The molecule has 0 amide bonds. The van der Waals surface area contributed by atoms with E-state index in [0.717, 1.165) is 13.2 Å². The summed E-state index contributed by atoms with van der Waals surface area (Å²) in [5, 5.41) is 0. The maximum absolute atomic E-state index is 5.87. The number of nitrogens with two attached hydrogens (primary N) is 1. The van der Waals surface area contributed by atoms with Crippen molar-refractivity contribution >= 4 is 0 Å². The third-order valence-corrected chi connectivity index (χ3v) is 3.33. The third kappa shape index (κ3) is 2.27. The molecule has 3 heteroatoms. The number of hydrogen-bond donors (Lipinski definition) is 1. The largest absolute Gasteiger partial charge is 0.377 e. The summed E-state index contributed by atoms with van der Waals surface area (Å²) >= 11 is 0. The van der Waals surface area contributed by atoms with Crippen LogP contribution in [-0.4, -0.2) is 42.8 Å². The first-order chi connectivity index (χ1) is 6.77. The number of fused-ring (bicyclic) bond motifs is 1. The minimum atomic E-state index is 0.286. The van der Waals surface area contributed by atoms with Crippen LogP contribution in [0.5, 0.6) is 0 Å². The van der Waals surface area contributed by atoms with Gasteiger partial charge in [-0.05, 0) is 32.6 Å². The molecule has 0 aromatic rings. The maximum Gasteiger partial charge on any atom is 0.0730 e. The fourth-order valence-electron chi connectivity index (χ4n) is 2.78. The van der Waals surface area contributed by atoms with Gasteiger partial charge in [-0.15, -0.1) is 0 Å². The predicted molar refractivity (Wildman–Crippen MR) is 57.2 cm³/mol. The molecule has 82 valence electrons. The van der Waals surface area contributed by atoms with Crippen LogP contribution in [0.1, 0.15) is 32.6 Å². The first-order valence-electron chi connectivity index (χ1n) is 5.88. The van der Waals surface area contributed by atoms with Gasteiger partial charge in [0, 0.05) is 31.8 Å². The highest BCUT2D eigenvalue weighted by molar-refractivity contribution is 4.89. The number of rotatable bonds is 2. The lowest BCUT2D eigenvalue weighted by Crippen LogP contribution is -2.45. The predicted octanol–water partition coefficient (Wildman–Crippen LogP) is 0.977. The summed E-state index contributed by atoms with van der Waals surface area (Å²) in [6.07, 6.45) is 5.54. The molecule has 0 aromatic carbocycles. The summed E-state index contributed by atoms with van der Waals surface area (Å²) in [6, 6.07) is 0.942. The lowest BCUT2D eigenvalue weighted by atomic mass is 10.1. The molecule has 2 rings (SSSR count). The molecule has 0 aromatic heterocycles. The standard InChI is InChI=1S/C11H22N2O/c1-9(12)8-13-6-3-7-14-11-5-2-4-10(11)13/h9-11H,2-8,12H2,1H3. The summed E-state index contributed by atoms with van der Waals surface area (Å²) in [4.78, 5) is 2.55. The zero-order valence-electron chi connectivity index (χ0n) is 9.11. The zero-order valence-corrected chi connectivity index (χ0v) is 9.11. The summed E-state index contributed by atoms with van der Waals surface area (Å²) in [7, 11) is 0. The van der Waals surface area contributed by atoms with Crippen molar-refractivity contribution in [3.63, 3.8) is 0 Å².